The SMILES string of the molecule is CC(C)(C)OC(=O)NCCCCCCN1C(=O)c2ccccc2Sc2nccnc21. The van der Waals surface area contributed by atoms with Gasteiger partial charge in [0.1, 0.15) is 10.6 Å². The van der Waals surface area contributed by atoms with Gasteiger partial charge in [0.05, 0.1) is 5.56 Å². The molecule has 1 N–H and O–H groups in total. The summed E-state index contributed by atoms with van der Waals surface area (Å²) in [7, 11) is 0. The lowest BCUT2D eigenvalue weighted by atomic mass is 10.1. The molecular weight excluding hydrogens is 400 g/mol. The monoisotopic (exact) mass is 428 g/mol. The summed E-state index contributed by atoms with van der Waals surface area (Å²) in [6, 6.07) is 7.60. The summed E-state index contributed by atoms with van der Waals surface area (Å²) in [6.07, 6.45) is 6.51. The number of anilines is 1. The maximum atomic E-state index is 13.1. The summed E-state index contributed by atoms with van der Waals surface area (Å²) in [4.78, 5) is 36.3. The van der Waals surface area contributed by atoms with Gasteiger partial charge in [-0.1, -0.05) is 36.7 Å². The molecule has 2 aromatic rings. The average molecular weight is 429 g/mol. The topological polar surface area (TPSA) is 84.4 Å². The molecule has 1 aliphatic rings. The van der Waals surface area contributed by atoms with Gasteiger partial charge in [-0.2, -0.15) is 0 Å². The Morgan fingerprint density at radius 2 is 1.83 bits per heavy atom. The molecule has 0 saturated carbocycles. The van der Waals surface area contributed by atoms with E-state index in [9.17, 15) is 9.59 Å². The van der Waals surface area contributed by atoms with Crippen LogP contribution >= 0.6 is 11.8 Å². The molecule has 1 aromatic heterocycles. The minimum Gasteiger partial charge on any atom is -0.444 e. The zero-order valence-corrected chi connectivity index (χ0v) is 18.5. The second kappa shape index (κ2) is 9.93. The summed E-state index contributed by atoms with van der Waals surface area (Å²) >= 11 is 1.48. The number of hydrogen-bond acceptors (Lipinski definition) is 6. The molecule has 0 fully saturated rings. The zero-order chi connectivity index (χ0) is 21.6. The minimum absolute atomic E-state index is 0.0380. The number of rotatable bonds is 7. The fourth-order valence-electron chi connectivity index (χ4n) is 3.11. The third-order valence-electron chi connectivity index (χ3n) is 4.45. The van der Waals surface area contributed by atoms with Crippen molar-refractivity contribution in [2.24, 2.45) is 0 Å². The van der Waals surface area contributed by atoms with E-state index in [4.69, 9.17) is 4.74 Å². The van der Waals surface area contributed by atoms with Crippen LogP contribution in [0.25, 0.3) is 0 Å². The van der Waals surface area contributed by atoms with Gasteiger partial charge in [0.2, 0.25) is 0 Å². The molecule has 7 nitrogen and oxygen atoms in total. The van der Waals surface area contributed by atoms with Crippen molar-refractivity contribution < 1.29 is 14.3 Å². The molecule has 1 aliphatic heterocycles. The lowest BCUT2D eigenvalue weighted by Gasteiger charge is -2.21. The van der Waals surface area contributed by atoms with Crippen molar-refractivity contribution in [1.29, 1.82) is 0 Å². The number of carbonyl (C=O) groups excluding carboxylic acids is 2. The van der Waals surface area contributed by atoms with E-state index in [0.717, 1.165) is 35.6 Å². The number of unbranched alkanes of at least 4 members (excludes halogenated alkanes) is 3. The lowest BCUT2D eigenvalue weighted by Crippen LogP contribution is -2.33. The molecule has 3 rings (SSSR count). The number of nitrogens with zero attached hydrogens (tertiary/aromatic N) is 3. The molecule has 0 saturated heterocycles. The van der Waals surface area contributed by atoms with Gasteiger partial charge in [-0.05, 0) is 45.7 Å². The van der Waals surface area contributed by atoms with Crippen molar-refractivity contribution in [3.05, 3.63) is 42.2 Å². The quantitative estimate of drug-likeness (QED) is 0.645. The maximum absolute atomic E-state index is 13.1. The van der Waals surface area contributed by atoms with Crippen LogP contribution in [0.15, 0.2) is 46.6 Å². The van der Waals surface area contributed by atoms with Gasteiger partial charge in [0.15, 0.2) is 5.82 Å². The first-order valence-corrected chi connectivity index (χ1v) is 11.0. The van der Waals surface area contributed by atoms with Crippen LogP contribution in [0.1, 0.15) is 56.8 Å². The van der Waals surface area contributed by atoms with Crippen LogP contribution in [0.2, 0.25) is 0 Å². The fourth-order valence-corrected chi connectivity index (χ4v) is 4.10. The molecule has 0 bridgehead atoms. The van der Waals surface area contributed by atoms with E-state index in [1.165, 1.54) is 11.8 Å². The van der Waals surface area contributed by atoms with Crippen molar-refractivity contribution in [3.63, 3.8) is 0 Å². The molecule has 0 unspecified atom stereocenters. The predicted molar refractivity (Wildman–Crippen MR) is 117 cm³/mol. The number of amides is 2. The summed E-state index contributed by atoms with van der Waals surface area (Å²) in [6.45, 7) is 6.69. The summed E-state index contributed by atoms with van der Waals surface area (Å²) in [5, 5.41) is 3.52. The Balaban J connectivity index is 1.50. The van der Waals surface area contributed by atoms with Crippen LogP contribution in [0, 0.1) is 0 Å². The van der Waals surface area contributed by atoms with Crippen LogP contribution in [-0.2, 0) is 4.74 Å². The first-order valence-electron chi connectivity index (χ1n) is 10.2. The normalized spacial score (nSPS) is 13.3. The first-order chi connectivity index (χ1) is 14.3. The van der Waals surface area contributed by atoms with E-state index in [2.05, 4.69) is 15.3 Å². The molecular formula is C22H28N4O3S. The molecule has 2 heterocycles. The number of nitrogens with one attached hydrogen (secondary N) is 1. The van der Waals surface area contributed by atoms with E-state index in [-0.39, 0.29) is 12.0 Å². The minimum atomic E-state index is -0.486. The average Bonchev–Trinajstić information content (AvgIpc) is 2.80. The molecule has 30 heavy (non-hydrogen) atoms. The van der Waals surface area contributed by atoms with Crippen molar-refractivity contribution >= 4 is 29.6 Å². The Bertz CT molecular complexity index is 898. The zero-order valence-electron chi connectivity index (χ0n) is 17.7. The van der Waals surface area contributed by atoms with Gasteiger partial charge < -0.3 is 10.1 Å². The molecule has 0 aliphatic carbocycles. The second-order valence-electron chi connectivity index (χ2n) is 8.08. The van der Waals surface area contributed by atoms with Gasteiger partial charge in [-0.25, -0.2) is 14.8 Å². The molecule has 0 radical (unpaired) electrons. The highest BCUT2D eigenvalue weighted by atomic mass is 32.2. The van der Waals surface area contributed by atoms with Gasteiger partial charge in [-0.15, -0.1) is 0 Å². The third kappa shape index (κ3) is 5.95. The summed E-state index contributed by atoms with van der Waals surface area (Å²) < 4.78 is 5.22. The molecule has 1 aromatic carbocycles. The van der Waals surface area contributed by atoms with Crippen LogP contribution in [0.3, 0.4) is 0 Å². The molecule has 0 spiro atoms. The van der Waals surface area contributed by atoms with Crippen molar-refractivity contribution in [2.45, 2.75) is 62.0 Å². The van der Waals surface area contributed by atoms with E-state index in [1.54, 1.807) is 17.3 Å². The van der Waals surface area contributed by atoms with Gasteiger partial charge >= 0.3 is 6.09 Å². The largest absolute Gasteiger partial charge is 0.444 e. The highest BCUT2D eigenvalue weighted by molar-refractivity contribution is 7.99. The van der Waals surface area contributed by atoms with Crippen LogP contribution in [-0.4, -0.2) is 40.7 Å². The highest BCUT2D eigenvalue weighted by Crippen LogP contribution is 2.38. The van der Waals surface area contributed by atoms with Crippen LogP contribution < -0.4 is 10.2 Å². The predicted octanol–water partition coefficient (Wildman–Crippen LogP) is 4.67. The van der Waals surface area contributed by atoms with E-state index >= 15 is 0 Å². The third-order valence-corrected chi connectivity index (χ3v) is 5.51. The molecule has 8 heteroatoms. The van der Waals surface area contributed by atoms with E-state index < -0.39 is 5.60 Å². The Morgan fingerprint density at radius 3 is 2.63 bits per heavy atom. The fraction of sp³-hybridized carbons (Fsp3) is 0.455. The maximum Gasteiger partial charge on any atom is 0.407 e. The van der Waals surface area contributed by atoms with Crippen molar-refractivity contribution in [2.75, 3.05) is 18.0 Å². The number of hydrogen-bond donors (Lipinski definition) is 1. The number of carbonyl (C=O) groups is 2. The Kier molecular flexibility index (Phi) is 7.31. The molecule has 160 valence electrons. The smallest absolute Gasteiger partial charge is 0.407 e. The second-order valence-corrected chi connectivity index (χ2v) is 9.11. The first kappa shape index (κ1) is 22.1. The van der Waals surface area contributed by atoms with Crippen molar-refractivity contribution in [3.8, 4) is 0 Å². The summed E-state index contributed by atoms with van der Waals surface area (Å²) in [5.74, 6) is 0.583. The summed E-state index contributed by atoms with van der Waals surface area (Å²) in [5.41, 5.74) is 0.198. The molecule has 0 atom stereocenters. The van der Waals surface area contributed by atoms with Gasteiger partial charge in [-0.3, -0.25) is 9.69 Å². The molecule has 2 amide bonds. The van der Waals surface area contributed by atoms with Crippen molar-refractivity contribution in [1.82, 2.24) is 15.3 Å². The highest BCUT2D eigenvalue weighted by Gasteiger charge is 2.28. The lowest BCUT2D eigenvalue weighted by molar-refractivity contribution is 0.0526. The van der Waals surface area contributed by atoms with E-state index in [1.807, 2.05) is 45.0 Å². The number of alkyl carbamates (subject to hydrolysis) is 1. The van der Waals surface area contributed by atoms with Gasteiger partial charge in [0, 0.05) is 30.4 Å². The van der Waals surface area contributed by atoms with Crippen LogP contribution in [0.4, 0.5) is 10.6 Å². The number of ether oxygens (including phenoxy) is 1. The van der Waals surface area contributed by atoms with Crippen LogP contribution in [0.5, 0.6) is 0 Å². The standard InChI is InChI=1S/C22H28N4O3S/c1-22(2,3)29-21(28)25-12-8-4-5-9-15-26-18-19(24-14-13-23-18)30-17-11-7-6-10-16(17)20(26)27/h6-7,10-11,13-14H,4-5,8-9,12,15H2,1-3H3,(H,25,28). The van der Waals surface area contributed by atoms with E-state index in [0.29, 0.717) is 24.5 Å². The Hall–Kier alpha value is -2.61. The number of benzene rings is 1. The Morgan fingerprint density at radius 1 is 1.10 bits per heavy atom. The Labute approximate surface area is 181 Å². The number of fused-ring (bicyclic) bond motifs is 2. The number of aromatic nitrogens is 2. The van der Waals surface area contributed by atoms with Gasteiger partial charge in [0.25, 0.3) is 5.91 Å².